The summed E-state index contributed by atoms with van der Waals surface area (Å²) in [6.07, 6.45) is 6.01. The Morgan fingerprint density at radius 2 is 1.81 bits per heavy atom. The highest BCUT2D eigenvalue weighted by atomic mass is 16.2. The topological polar surface area (TPSA) is 49.4 Å². The van der Waals surface area contributed by atoms with Crippen molar-refractivity contribution in [3.05, 3.63) is 0 Å². The highest BCUT2D eigenvalue weighted by molar-refractivity contribution is 5.99. The molecule has 1 aliphatic heterocycles. The van der Waals surface area contributed by atoms with Gasteiger partial charge in [-0.15, -0.1) is 0 Å². The maximum Gasteiger partial charge on any atom is 0.248 e. The number of carbonyl (C=O) groups is 2. The first kappa shape index (κ1) is 16.3. The summed E-state index contributed by atoms with van der Waals surface area (Å²) < 4.78 is 0. The quantitative estimate of drug-likeness (QED) is 0.866. The second kappa shape index (κ2) is 5.62. The first-order chi connectivity index (χ1) is 9.67. The molecule has 4 nitrogen and oxygen atoms in total. The number of amides is 2. The van der Waals surface area contributed by atoms with Crippen LogP contribution in [0.1, 0.15) is 66.7 Å². The van der Waals surface area contributed by atoms with Crippen LogP contribution in [0.4, 0.5) is 0 Å². The molecule has 0 aromatic rings. The van der Waals surface area contributed by atoms with Gasteiger partial charge < -0.3 is 10.2 Å². The van der Waals surface area contributed by atoms with Crippen LogP contribution in [0.5, 0.6) is 0 Å². The molecule has 1 saturated heterocycles. The fourth-order valence-corrected chi connectivity index (χ4v) is 4.13. The van der Waals surface area contributed by atoms with Gasteiger partial charge in [-0.1, -0.05) is 26.7 Å². The van der Waals surface area contributed by atoms with Gasteiger partial charge >= 0.3 is 0 Å². The van der Waals surface area contributed by atoms with Crippen molar-refractivity contribution in [2.45, 2.75) is 78.3 Å². The average Bonchev–Trinajstić information content (AvgIpc) is 2.80. The van der Waals surface area contributed by atoms with Crippen molar-refractivity contribution < 1.29 is 9.59 Å². The molecular formula is C17H30N2O2. The Labute approximate surface area is 128 Å². The van der Waals surface area contributed by atoms with Gasteiger partial charge in [-0.2, -0.15) is 0 Å². The standard InChI is InChI=1S/C17H30N2O2/c1-12(2)10-17(8-6-7-9-17)11-19-13(3)14(20)18-16(4,5)15(19)21/h12-13H,6-11H2,1-5H3,(H,18,20). The summed E-state index contributed by atoms with van der Waals surface area (Å²) in [5, 5.41) is 2.83. The Morgan fingerprint density at radius 3 is 2.33 bits per heavy atom. The van der Waals surface area contributed by atoms with E-state index in [0.717, 1.165) is 13.0 Å². The highest BCUT2D eigenvalue weighted by Crippen LogP contribution is 2.44. The molecular weight excluding hydrogens is 264 g/mol. The molecule has 0 bridgehead atoms. The van der Waals surface area contributed by atoms with Gasteiger partial charge in [-0.05, 0) is 51.4 Å². The number of hydrogen-bond donors (Lipinski definition) is 1. The van der Waals surface area contributed by atoms with Gasteiger partial charge in [0.2, 0.25) is 11.8 Å². The van der Waals surface area contributed by atoms with Crippen LogP contribution in [-0.2, 0) is 9.59 Å². The van der Waals surface area contributed by atoms with E-state index in [4.69, 9.17) is 0 Å². The summed E-state index contributed by atoms with van der Waals surface area (Å²) in [4.78, 5) is 26.7. The molecule has 1 aliphatic carbocycles. The molecule has 2 fully saturated rings. The summed E-state index contributed by atoms with van der Waals surface area (Å²) in [6, 6.07) is -0.352. The molecule has 1 unspecified atom stereocenters. The third kappa shape index (κ3) is 3.24. The van der Waals surface area contributed by atoms with Gasteiger partial charge in [0.25, 0.3) is 0 Å². The molecule has 2 rings (SSSR count). The lowest BCUT2D eigenvalue weighted by Gasteiger charge is -2.46. The van der Waals surface area contributed by atoms with Crippen LogP contribution in [0, 0.1) is 11.3 Å². The van der Waals surface area contributed by atoms with Crippen molar-refractivity contribution in [1.29, 1.82) is 0 Å². The van der Waals surface area contributed by atoms with Crippen LogP contribution in [0.2, 0.25) is 0 Å². The summed E-state index contributed by atoms with van der Waals surface area (Å²) in [5.74, 6) is 0.655. The molecule has 120 valence electrons. The van der Waals surface area contributed by atoms with E-state index in [9.17, 15) is 9.59 Å². The third-order valence-electron chi connectivity index (χ3n) is 5.09. The molecule has 0 aromatic heterocycles. The fourth-order valence-electron chi connectivity index (χ4n) is 4.13. The minimum absolute atomic E-state index is 0.0303. The Balaban J connectivity index is 2.22. The molecule has 0 aromatic carbocycles. The molecule has 1 N–H and O–H groups in total. The number of rotatable bonds is 4. The van der Waals surface area contributed by atoms with E-state index in [1.807, 2.05) is 11.8 Å². The van der Waals surface area contributed by atoms with Crippen LogP contribution in [0.3, 0.4) is 0 Å². The number of nitrogens with one attached hydrogen (secondary N) is 1. The van der Waals surface area contributed by atoms with Crippen molar-refractivity contribution in [2.75, 3.05) is 6.54 Å². The van der Waals surface area contributed by atoms with Gasteiger partial charge in [0.1, 0.15) is 11.6 Å². The van der Waals surface area contributed by atoms with E-state index in [0.29, 0.717) is 5.92 Å². The van der Waals surface area contributed by atoms with Crippen LogP contribution >= 0.6 is 0 Å². The minimum atomic E-state index is -0.777. The van der Waals surface area contributed by atoms with Crippen LogP contribution in [0.25, 0.3) is 0 Å². The lowest BCUT2D eigenvalue weighted by Crippen LogP contribution is -2.68. The Kier molecular flexibility index (Phi) is 4.36. The van der Waals surface area contributed by atoms with Crippen molar-refractivity contribution >= 4 is 11.8 Å². The van der Waals surface area contributed by atoms with E-state index in [-0.39, 0.29) is 23.3 Å². The zero-order valence-electron chi connectivity index (χ0n) is 14.2. The smallest absolute Gasteiger partial charge is 0.248 e. The van der Waals surface area contributed by atoms with Gasteiger partial charge in [0.05, 0.1) is 0 Å². The number of carbonyl (C=O) groups excluding carboxylic acids is 2. The fraction of sp³-hybridized carbons (Fsp3) is 0.882. The van der Waals surface area contributed by atoms with Crippen LogP contribution in [0.15, 0.2) is 0 Å². The van der Waals surface area contributed by atoms with Crippen molar-refractivity contribution in [2.24, 2.45) is 11.3 Å². The van der Waals surface area contributed by atoms with E-state index in [2.05, 4.69) is 19.2 Å². The summed E-state index contributed by atoms with van der Waals surface area (Å²) in [6.45, 7) is 10.7. The Morgan fingerprint density at radius 1 is 1.24 bits per heavy atom. The second-order valence-corrected chi connectivity index (χ2v) is 8.03. The molecule has 2 aliphatic rings. The highest BCUT2D eigenvalue weighted by Gasteiger charge is 2.47. The van der Waals surface area contributed by atoms with Gasteiger partial charge in [-0.25, -0.2) is 0 Å². The summed E-state index contributed by atoms with van der Waals surface area (Å²) in [5.41, 5.74) is -0.562. The van der Waals surface area contributed by atoms with E-state index >= 15 is 0 Å². The molecule has 1 atom stereocenters. The zero-order chi connectivity index (χ0) is 15.8. The predicted octanol–water partition coefficient (Wildman–Crippen LogP) is 2.72. The normalized spacial score (nSPS) is 28.1. The molecule has 0 radical (unpaired) electrons. The Bertz CT molecular complexity index is 423. The molecule has 0 spiro atoms. The van der Waals surface area contributed by atoms with Crippen molar-refractivity contribution in [1.82, 2.24) is 10.2 Å². The third-order valence-corrected chi connectivity index (χ3v) is 5.09. The average molecular weight is 294 g/mol. The largest absolute Gasteiger partial charge is 0.340 e. The number of hydrogen-bond acceptors (Lipinski definition) is 2. The molecule has 1 heterocycles. The lowest BCUT2D eigenvalue weighted by atomic mass is 9.77. The maximum absolute atomic E-state index is 12.7. The molecule has 2 amide bonds. The van der Waals surface area contributed by atoms with Crippen molar-refractivity contribution in [3.8, 4) is 0 Å². The maximum atomic E-state index is 12.7. The monoisotopic (exact) mass is 294 g/mol. The van der Waals surface area contributed by atoms with Gasteiger partial charge in [-0.3, -0.25) is 9.59 Å². The number of piperazine rings is 1. The summed E-state index contributed by atoms with van der Waals surface area (Å²) in [7, 11) is 0. The van der Waals surface area contributed by atoms with Crippen molar-refractivity contribution in [3.63, 3.8) is 0 Å². The molecule has 1 saturated carbocycles. The van der Waals surface area contributed by atoms with E-state index < -0.39 is 5.54 Å². The predicted molar refractivity (Wildman–Crippen MR) is 83.8 cm³/mol. The summed E-state index contributed by atoms with van der Waals surface area (Å²) >= 11 is 0. The van der Waals surface area contributed by atoms with Crippen LogP contribution < -0.4 is 5.32 Å². The molecule has 4 heteroatoms. The van der Waals surface area contributed by atoms with Gasteiger partial charge in [0, 0.05) is 6.54 Å². The SMILES string of the molecule is CC(C)CC1(CN2C(=O)C(C)(C)NC(=O)C2C)CCCC1. The first-order valence-electron chi connectivity index (χ1n) is 8.30. The lowest BCUT2D eigenvalue weighted by molar-refractivity contribution is -0.154. The Hall–Kier alpha value is -1.06. The second-order valence-electron chi connectivity index (χ2n) is 8.03. The van der Waals surface area contributed by atoms with E-state index in [1.165, 1.54) is 25.7 Å². The minimum Gasteiger partial charge on any atom is -0.340 e. The number of nitrogens with zero attached hydrogens (tertiary/aromatic N) is 1. The molecule has 21 heavy (non-hydrogen) atoms. The van der Waals surface area contributed by atoms with Crippen LogP contribution in [-0.4, -0.2) is 34.8 Å². The first-order valence-corrected chi connectivity index (χ1v) is 8.30. The zero-order valence-corrected chi connectivity index (χ0v) is 14.2. The van der Waals surface area contributed by atoms with Gasteiger partial charge in [0.15, 0.2) is 0 Å². The van der Waals surface area contributed by atoms with E-state index in [1.54, 1.807) is 13.8 Å².